The second-order valence-electron chi connectivity index (χ2n) is 4.72. The Kier molecular flexibility index (Phi) is 4.30. The fourth-order valence-corrected chi connectivity index (χ4v) is 3.04. The Bertz CT molecular complexity index is 564. The van der Waals surface area contributed by atoms with Gasteiger partial charge >= 0.3 is 0 Å². The van der Waals surface area contributed by atoms with Gasteiger partial charge in [0.1, 0.15) is 11.8 Å². The number of benzene rings is 1. The fourth-order valence-electron chi connectivity index (χ4n) is 2.11. The Hall–Kier alpha value is -1.29. The molecule has 0 atom stereocenters. The van der Waals surface area contributed by atoms with Crippen molar-refractivity contribution in [3.05, 3.63) is 36.1 Å². The van der Waals surface area contributed by atoms with E-state index in [4.69, 9.17) is 4.42 Å². The van der Waals surface area contributed by atoms with Gasteiger partial charge in [-0.2, -0.15) is 0 Å². The van der Waals surface area contributed by atoms with E-state index in [1.165, 1.54) is 6.26 Å². The van der Waals surface area contributed by atoms with Crippen molar-refractivity contribution in [2.24, 2.45) is 0 Å². The van der Waals surface area contributed by atoms with Crippen LogP contribution < -0.4 is 5.32 Å². The highest BCUT2D eigenvalue weighted by molar-refractivity contribution is 9.09. The summed E-state index contributed by atoms with van der Waals surface area (Å²) in [7, 11) is 0. The van der Waals surface area contributed by atoms with Crippen molar-refractivity contribution in [1.82, 2.24) is 5.32 Å². The second kappa shape index (κ2) is 5.78. The van der Waals surface area contributed by atoms with E-state index in [2.05, 4.69) is 35.1 Å². The highest BCUT2D eigenvalue weighted by Gasteiger charge is 2.28. The first kappa shape index (κ1) is 14.1. The van der Waals surface area contributed by atoms with Gasteiger partial charge in [-0.05, 0) is 18.9 Å². The van der Waals surface area contributed by atoms with Crippen LogP contribution in [0.2, 0.25) is 0 Å². The number of fused-ring (bicyclic) bond motifs is 1. The van der Waals surface area contributed by atoms with Crippen LogP contribution in [-0.2, 0) is 0 Å². The van der Waals surface area contributed by atoms with Gasteiger partial charge in [0.15, 0.2) is 0 Å². The molecule has 0 aliphatic rings. The van der Waals surface area contributed by atoms with E-state index in [1.807, 2.05) is 24.3 Å². The minimum absolute atomic E-state index is 0.0758. The van der Waals surface area contributed by atoms with Crippen LogP contribution in [0.5, 0.6) is 0 Å². The summed E-state index contributed by atoms with van der Waals surface area (Å²) in [6.07, 6.45) is 3.30. The van der Waals surface area contributed by atoms with Crippen LogP contribution in [0.1, 0.15) is 37.0 Å². The van der Waals surface area contributed by atoms with Gasteiger partial charge in [-0.3, -0.25) is 4.79 Å². The largest absolute Gasteiger partial charge is 0.463 e. The predicted molar refractivity (Wildman–Crippen MR) is 80.8 cm³/mol. The summed E-state index contributed by atoms with van der Waals surface area (Å²) < 4.78 is 5.41. The van der Waals surface area contributed by atoms with E-state index >= 15 is 0 Å². The summed E-state index contributed by atoms with van der Waals surface area (Å²) in [6.45, 7) is 4.16. The maximum atomic E-state index is 12.4. The monoisotopic (exact) mass is 323 g/mol. The Morgan fingerprint density at radius 1 is 1.32 bits per heavy atom. The van der Waals surface area contributed by atoms with Gasteiger partial charge in [-0.15, -0.1) is 0 Å². The normalized spacial score (nSPS) is 11.7. The average molecular weight is 324 g/mol. The number of furan rings is 1. The van der Waals surface area contributed by atoms with Crippen molar-refractivity contribution in [3.63, 3.8) is 0 Å². The van der Waals surface area contributed by atoms with Crippen LogP contribution in [0.15, 0.2) is 34.9 Å². The highest BCUT2D eigenvalue weighted by Crippen LogP contribution is 2.23. The molecule has 1 amide bonds. The molecule has 0 radical (unpaired) electrons. The number of carbonyl (C=O) groups is 1. The van der Waals surface area contributed by atoms with E-state index in [9.17, 15) is 4.79 Å². The zero-order chi connectivity index (χ0) is 13.9. The van der Waals surface area contributed by atoms with Gasteiger partial charge < -0.3 is 9.73 Å². The minimum atomic E-state index is -0.199. The van der Waals surface area contributed by atoms with Gasteiger partial charge in [0.25, 0.3) is 5.91 Å². The lowest BCUT2D eigenvalue weighted by molar-refractivity contribution is 0.0904. The molecule has 102 valence electrons. The molecule has 0 aliphatic carbocycles. The smallest absolute Gasteiger partial charge is 0.255 e. The Labute approximate surface area is 121 Å². The zero-order valence-corrected chi connectivity index (χ0v) is 12.8. The molecule has 0 aliphatic heterocycles. The van der Waals surface area contributed by atoms with E-state index in [1.54, 1.807) is 0 Å². The third kappa shape index (κ3) is 2.68. The van der Waals surface area contributed by atoms with Gasteiger partial charge in [-0.25, -0.2) is 0 Å². The molecule has 1 aromatic carbocycles. The number of carbonyl (C=O) groups excluding carboxylic acids is 1. The number of nitrogens with one attached hydrogen (secondary N) is 1. The third-order valence-electron chi connectivity index (χ3n) is 3.71. The molecule has 0 saturated carbocycles. The number of para-hydroxylation sites is 1. The van der Waals surface area contributed by atoms with Crippen LogP contribution in [-0.4, -0.2) is 16.8 Å². The first-order valence-electron chi connectivity index (χ1n) is 6.50. The van der Waals surface area contributed by atoms with Gasteiger partial charge in [0.05, 0.1) is 5.56 Å². The van der Waals surface area contributed by atoms with E-state index in [0.717, 1.165) is 29.1 Å². The third-order valence-corrected chi connectivity index (χ3v) is 4.79. The first-order chi connectivity index (χ1) is 9.15. The van der Waals surface area contributed by atoms with E-state index in [0.29, 0.717) is 5.56 Å². The number of alkyl halides is 1. The summed E-state index contributed by atoms with van der Waals surface area (Å²) in [6, 6.07) is 7.57. The van der Waals surface area contributed by atoms with Gasteiger partial charge in [0.2, 0.25) is 0 Å². The molecule has 0 saturated heterocycles. The van der Waals surface area contributed by atoms with Crippen LogP contribution in [0, 0.1) is 0 Å². The number of halogens is 1. The average Bonchev–Trinajstić information content (AvgIpc) is 2.89. The summed E-state index contributed by atoms with van der Waals surface area (Å²) in [4.78, 5) is 12.4. The van der Waals surface area contributed by atoms with Gasteiger partial charge in [-0.1, -0.05) is 48.0 Å². The summed E-state index contributed by atoms with van der Waals surface area (Å²) in [5, 5.41) is 4.73. The Morgan fingerprint density at radius 2 is 2.00 bits per heavy atom. The quantitative estimate of drug-likeness (QED) is 0.841. The molecule has 3 nitrogen and oxygen atoms in total. The molecule has 0 fully saturated rings. The molecule has 2 rings (SSSR count). The van der Waals surface area contributed by atoms with Crippen molar-refractivity contribution in [2.45, 2.75) is 32.2 Å². The standard InChI is InChI=1S/C15H18BrNO2/c1-3-15(4-2,10-16)17-14(18)12-9-19-13-8-6-5-7-11(12)13/h5-9H,3-4,10H2,1-2H3,(H,17,18). The number of hydrogen-bond donors (Lipinski definition) is 1. The van der Waals surface area contributed by atoms with E-state index in [-0.39, 0.29) is 11.4 Å². The molecule has 0 unspecified atom stereocenters. The van der Waals surface area contributed by atoms with Gasteiger partial charge in [0, 0.05) is 16.3 Å². The molecule has 0 spiro atoms. The summed E-state index contributed by atoms with van der Waals surface area (Å²) in [5.74, 6) is -0.0758. The molecule has 2 aromatic rings. The lowest BCUT2D eigenvalue weighted by atomic mass is 9.95. The molecular weight excluding hydrogens is 306 g/mol. The molecule has 1 aromatic heterocycles. The second-order valence-corrected chi connectivity index (χ2v) is 5.28. The molecule has 4 heteroatoms. The van der Waals surface area contributed by atoms with Crippen molar-refractivity contribution in [2.75, 3.05) is 5.33 Å². The molecule has 19 heavy (non-hydrogen) atoms. The minimum Gasteiger partial charge on any atom is -0.463 e. The Balaban J connectivity index is 2.29. The maximum absolute atomic E-state index is 12.4. The van der Waals surface area contributed by atoms with Crippen molar-refractivity contribution >= 4 is 32.8 Å². The number of hydrogen-bond acceptors (Lipinski definition) is 2. The van der Waals surface area contributed by atoms with E-state index < -0.39 is 0 Å². The highest BCUT2D eigenvalue weighted by atomic mass is 79.9. The lowest BCUT2D eigenvalue weighted by Gasteiger charge is -2.30. The van der Waals surface area contributed by atoms with Crippen molar-refractivity contribution in [1.29, 1.82) is 0 Å². The maximum Gasteiger partial charge on any atom is 0.255 e. The first-order valence-corrected chi connectivity index (χ1v) is 7.62. The summed E-state index contributed by atoms with van der Waals surface area (Å²) >= 11 is 3.50. The van der Waals surface area contributed by atoms with Crippen LogP contribution in [0.4, 0.5) is 0 Å². The lowest BCUT2D eigenvalue weighted by Crippen LogP contribution is -2.49. The zero-order valence-electron chi connectivity index (χ0n) is 11.2. The van der Waals surface area contributed by atoms with Crippen molar-refractivity contribution < 1.29 is 9.21 Å². The molecule has 1 N–H and O–H groups in total. The predicted octanol–water partition coefficient (Wildman–Crippen LogP) is 4.12. The Morgan fingerprint density at radius 3 is 2.63 bits per heavy atom. The number of rotatable bonds is 5. The molecule has 1 heterocycles. The van der Waals surface area contributed by atoms with Crippen molar-refractivity contribution in [3.8, 4) is 0 Å². The fraction of sp³-hybridized carbons (Fsp3) is 0.400. The molecular formula is C15H18BrNO2. The SMILES string of the molecule is CCC(CC)(CBr)NC(=O)c1coc2ccccc12. The number of amides is 1. The van der Waals surface area contributed by atoms with Crippen LogP contribution in [0.3, 0.4) is 0 Å². The van der Waals surface area contributed by atoms with Crippen LogP contribution >= 0.6 is 15.9 Å². The van der Waals surface area contributed by atoms with Crippen LogP contribution in [0.25, 0.3) is 11.0 Å². The molecule has 0 bridgehead atoms. The summed E-state index contributed by atoms with van der Waals surface area (Å²) in [5.41, 5.74) is 1.14. The topological polar surface area (TPSA) is 42.2 Å².